The van der Waals surface area contributed by atoms with Crippen LogP contribution in [-0.2, 0) is 4.74 Å². The SMILES string of the molecule is COC(=O)c1cc(C(F)F)c(F)nc1N. The lowest BCUT2D eigenvalue weighted by Gasteiger charge is -2.06. The molecule has 0 atom stereocenters. The van der Waals surface area contributed by atoms with E-state index in [0.717, 1.165) is 7.11 Å². The summed E-state index contributed by atoms with van der Waals surface area (Å²) in [6.07, 6.45) is -3.07. The van der Waals surface area contributed by atoms with Crippen LogP contribution in [0.1, 0.15) is 22.3 Å². The third-order valence-corrected chi connectivity index (χ3v) is 1.67. The van der Waals surface area contributed by atoms with Crippen molar-refractivity contribution in [3.63, 3.8) is 0 Å². The van der Waals surface area contributed by atoms with Crippen LogP contribution in [0, 0.1) is 5.95 Å². The summed E-state index contributed by atoms with van der Waals surface area (Å²) in [5, 5.41) is 0. The molecule has 0 unspecified atom stereocenters. The van der Waals surface area contributed by atoms with Crippen molar-refractivity contribution in [1.82, 2.24) is 4.98 Å². The number of halogens is 3. The lowest BCUT2D eigenvalue weighted by Crippen LogP contribution is -2.10. The molecule has 82 valence electrons. The van der Waals surface area contributed by atoms with Crippen molar-refractivity contribution in [1.29, 1.82) is 0 Å². The van der Waals surface area contributed by atoms with E-state index in [0.29, 0.717) is 6.07 Å². The highest BCUT2D eigenvalue weighted by atomic mass is 19.3. The number of carbonyl (C=O) groups excluding carboxylic acids is 1. The molecule has 0 spiro atoms. The number of aromatic nitrogens is 1. The summed E-state index contributed by atoms with van der Waals surface area (Å²) < 4.78 is 41.6. The number of nitrogens with two attached hydrogens (primary N) is 1. The van der Waals surface area contributed by atoms with Crippen molar-refractivity contribution in [3.8, 4) is 0 Å². The molecule has 1 heterocycles. The van der Waals surface area contributed by atoms with E-state index in [1.165, 1.54) is 0 Å². The Labute approximate surface area is 82.9 Å². The summed E-state index contributed by atoms with van der Waals surface area (Å²) in [6.45, 7) is 0. The highest BCUT2D eigenvalue weighted by Crippen LogP contribution is 2.24. The number of pyridine rings is 1. The zero-order valence-electron chi connectivity index (χ0n) is 7.63. The summed E-state index contributed by atoms with van der Waals surface area (Å²) in [6, 6.07) is 0.633. The second kappa shape index (κ2) is 4.16. The first-order valence-corrected chi connectivity index (χ1v) is 3.79. The zero-order valence-corrected chi connectivity index (χ0v) is 7.63. The van der Waals surface area contributed by atoms with Crippen molar-refractivity contribution in [2.75, 3.05) is 12.8 Å². The molecule has 0 aliphatic carbocycles. The van der Waals surface area contributed by atoms with Crippen LogP contribution >= 0.6 is 0 Å². The molecule has 1 aromatic heterocycles. The third kappa shape index (κ3) is 2.17. The van der Waals surface area contributed by atoms with Gasteiger partial charge in [-0.25, -0.2) is 18.6 Å². The smallest absolute Gasteiger partial charge is 0.341 e. The maximum Gasteiger partial charge on any atom is 0.341 e. The van der Waals surface area contributed by atoms with Gasteiger partial charge in [-0.05, 0) is 6.07 Å². The molecule has 0 radical (unpaired) electrons. The number of ether oxygens (including phenoxy) is 1. The fourth-order valence-electron chi connectivity index (χ4n) is 0.946. The molecule has 0 amide bonds. The third-order valence-electron chi connectivity index (χ3n) is 1.67. The molecule has 7 heteroatoms. The Bertz CT molecular complexity index is 396. The van der Waals surface area contributed by atoms with Gasteiger partial charge < -0.3 is 10.5 Å². The van der Waals surface area contributed by atoms with Crippen LogP contribution in [0.5, 0.6) is 0 Å². The largest absolute Gasteiger partial charge is 0.465 e. The molecular formula is C8H7F3N2O2. The minimum absolute atomic E-state index is 0.380. The Hall–Kier alpha value is -1.79. The van der Waals surface area contributed by atoms with E-state index in [2.05, 4.69) is 9.72 Å². The number of alkyl halides is 2. The minimum Gasteiger partial charge on any atom is -0.465 e. The van der Waals surface area contributed by atoms with Gasteiger partial charge in [0, 0.05) is 0 Å². The summed E-state index contributed by atoms with van der Waals surface area (Å²) in [5.74, 6) is -2.82. The topological polar surface area (TPSA) is 65.2 Å². The number of carbonyl (C=O) groups is 1. The number of methoxy groups -OCH3 is 1. The summed E-state index contributed by atoms with van der Waals surface area (Å²) in [4.78, 5) is 14.0. The second-order valence-corrected chi connectivity index (χ2v) is 2.59. The van der Waals surface area contributed by atoms with Crippen molar-refractivity contribution in [2.24, 2.45) is 0 Å². The first-order valence-electron chi connectivity index (χ1n) is 3.79. The van der Waals surface area contributed by atoms with Crippen molar-refractivity contribution in [2.45, 2.75) is 6.43 Å². The second-order valence-electron chi connectivity index (χ2n) is 2.59. The first-order chi connectivity index (χ1) is 6.97. The molecule has 15 heavy (non-hydrogen) atoms. The van der Waals surface area contributed by atoms with Gasteiger partial charge in [0.25, 0.3) is 6.43 Å². The quantitative estimate of drug-likeness (QED) is 0.606. The Balaban J connectivity index is 3.29. The number of esters is 1. The summed E-state index contributed by atoms with van der Waals surface area (Å²) in [5.41, 5.74) is 3.81. The van der Waals surface area contributed by atoms with Crippen molar-refractivity contribution < 1.29 is 22.7 Å². The number of hydrogen-bond acceptors (Lipinski definition) is 4. The Morgan fingerprint density at radius 2 is 2.20 bits per heavy atom. The molecule has 2 N–H and O–H groups in total. The lowest BCUT2D eigenvalue weighted by atomic mass is 10.2. The molecular weight excluding hydrogens is 213 g/mol. The van der Waals surface area contributed by atoms with Gasteiger partial charge in [-0.2, -0.15) is 4.39 Å². The van der Waals surface area contributed by atoms with Gasteiger partial charge in [0.15, 0.2) is 0 Å². The maximum absolute atomic E-state index is 12.8. The van der Waals surface area contributed by atoms with E-state index in [-0.39, 0.29) is 5.56 Å². The number of rotatable bonds is 2. The van der Waals surface area contributed by atoms with Crippen molar-refractivity contribution >= 4 is 11.8 Å². The zero-order chi connectivity index (χ0) is 11.6. The van der Waals surface area contributed by atoms with Gasteiger partial charge in [-0.1, -0.05) is 0 Å². The molecule has 0 aliphatic rings. The average Bonchev–Trinajstić information content (AvgIpc) is 2.16. The van der Waals surface area contributed by atoms with Gasteiger partial charge >= 0.3 is 5.97 Å². The predicted molar refractivity (Wildman–Crippen MR) is 44.9 cm³/mol. The summed E-state index contributed by atoms with van der Waals surface area (Å²) in [7, 11) is 1.05. The van der Waals surface area contributed by atoms with Gasteiger partial charge in [0.2, 0.25) is 5.95 Å². The van der Waals surface area contributed by atoms with Gasteiger partial charge in [0.1, 0.15) is 11.4 Å². The van der Waals surface area contributed by atoms with E-state index in [9.17, 15) is 18.0 Å². The van der Waals surface area contributed by atoms with E-state index in [1.807, 2.05) is 0 Å². The highest BCUT2D eigenvalue weighted by Gasteiger charge is 2.21. The van der Waals surface area contributed by atoms with Gasteiger partial charge in [0.05, 0.1) is 12.7 Å². The van der Waals surface area contributed by atoms with Crippen LogP contribution in [0.4, 0.5) is 19.0 Å². The Morgan fingerprint density at radius 3 is 2.67 bits per heavy atom. The average molecular weight is 220 g/mol. The van der Waals surface area contributed by atoms with Gasteiger partial charge in [-0.15, -0.1) is 0 Å². The molecule has 0 bridgehead atoms. The normalized spacial score (nSPS) is 10.5. The fourth-order valence-corrected chi connectivity index (χ4v) is 0.946. The minimum atomic E-state index is -3.07. The summed E-state index contributed by atoms with van der Waals surface area (Å²) >= 11 is 0. The number of hydrogen-bond donors (Lipinski definition) is 1. The number of anilines is 1. The van der Waals surface area contributed by atoms with E-state index < -0.39 is 29.7 Å². The molecule has 0 saturated heterocycles. The van der Waals surface area contributed by atoms with Crippen molar-refractivity contribution in [3.05, 3.63) is 23.1 Å². The van der Waals surface area contributed by atoms with E-state index >= 15 is 0 Å². The monoisotopic (exact) mass is 220 g/mol. The molecule has 0 fully saturated rings. The maximum atomic E-state index is 12.8. The molecule has 1 rings (SSSR count). The van der Waals surface area contributed by atoms with E-state index in [1.54, 1.807) is 0 Å². The lowest BCUT2D eigenvalue weighted by molar-refractivity contribution is 0.0601. The van der Waals surface area contributed by atoms with E-state index in [4.69, 9.17) is 5.73 Å². The van der Waals surface area contributed by atoms with Crippen LogP contribution in [-0.4, -0.2) is 18.1 Å². The van der Waals surface area contributed by atoms with Crippen LogP contribution in [0.2, 0.25) is 0 Å². The molecule has 0 saturated carbocycles. The molecule has 0 aliphatic heterocycles. The van der Waals surface area contributed by atoms with Crippen LogP contribution in [0.15, 0.2) is 6.07 Å². The standard InChI is InChI=1S/C8H7F3N2O2/c1-15-8(14)4-2-3(5(9)10)6(11)13-7(4)12/h2,5H,1H3,(H2,12,13). The molecule has 4 nitrogen and oxygen atoms in total. The van der Waals surface area contributed by atoms with Gasteiger partial charge in [-0.3, -0.25) is 0 Å². The highest BCUT2D eigenvalue weighted by molar-refractivity contribution is 5.94. The molecule has 0 aromatic carbocycles. The van der Waals surface area contributed by atoms with Crippen LogP contribution in [0.25, 0.3) is 0 Å². The number of nitrogens with zero attached hydrogens (tertiary/aromatic N) is 1. The Morgan fingerprint density at radius 1 is 1.60 bits per heavy atom. The van der Waals surface area contributed by atoms with Crippen LogP contribution in [0.3, 0.4) is 0 Å². The van der Waals surface area contributed by atoms with Crippen LogP contribution < -0.4 is 5.73 Å². The Kier molecular flexibility index (Phi) is 3.13. The first kappa shape index (κ1) is 11.3. The fraction of sp³-hybridized carbons (Fsp3) is 0.250. The predicted octanol–water partition coefficient (Wildman–Crippen LogP) is 1.53. The number of nitrogen functional groups attached to an aromatic ring is 1. The molecule has 1 aromatic rings.